The summed E-state index contributed by atoms with van der Waals surface area (Å²) in [5.74, 6) is 2.28. The number of aromatic nitrogens is 4. The second kappa shape index (κ2) is 5.27. The number of pyridine rings is 1. The molecule has 3 aromatic rings. The van der Waals surface area contributed by atoms with Crippen LogP contribution in [-0.4, -0.2) is 19.7 Å². The Morgan fingerprint density at radius 2 is 2.21 bits per heavy atom. The number of thioether (sulfide) groups is 1. The Bertz CT molecular complexity index is 649. The summed E-state index contributed by atoms with van der Waals surface area (Å²) in [7, 11) is 1.93. The van der Waals surface area contributed by atoms with E-state index in [4.69, 9.17) is 4.42 Å². The van der Waals surface area contributed by atoms with Crippen molar-refractivity contribution in [2.45, 2.75) is 10.9 Å². The van der Waals surface area contributed by atoms with Crippen molar-refractivity contribution in [1.82, 2.24) is 19.7 Å². The van der Waals surface area contributed by atoms with Crippen LogP contribution in [0.3, 0.4) is 0 Å². The zero-order valence-corrected chi connectivity index (χ0v) is 11.2. The van der Waals surface area contributed by atoms with Crippen LogP contribution in [0.4, 0.5) is 0 Å². The fourth-order valence-corrected chi connectivity index (χ4v) is 2.54. The van der Waals surface area contributed by atoms with E-state index in [1.165, 1.54) is 0 Å². The molecule has 0 aliphatic carbocycles. The maximum Gasteiger partial charge on any atom is 0.200 e. The molecule has 0 N–H and O–H groups in total. The predicted octanol–water partition coefficient (Wildman–Crippen LogP) is 2.76. The number of hydrogen-bond acceptors (Lipinski definition) is 5. The van der Waals surface area contributed by atoms with Gasteiger partial charge in [-0.15, -0.1) is 10.2 Å². The third-order valence-electron chi connectivity index (χ3n) is 2.67. The van der Waals surface area contributed by atoms with Gasteiger partial charge in [-0.25, -0.2) is 0 Å². The molecule has 5 nitrogen and oxygen atoms in total. The van der Waals surface area contributed by atoms with E-state index in [0.717, 1.165) is 28.1 Å². The van der Waals surface area contributed by atoms with Crippen LogP contribution in [-0.2, 0) is 12.8 Å². The highest BCUT2D eigenvalue weighted by Gasteiger charge is 2.13. The van der Waals surface area contributed by atoms with E-state index in [1.807, 2.05) is 42.1 Å². The lowest BCUT2D eigenvalue weighted by Crippen LogP contribution is -1.94. The summed E-state index contributed by atoms with van der Waals surface area (Å²) >= 11 is 1.63. The minimum Gasteiger partial charge on any atom is -0.461 e. The zero-order valence-electron chi connectivity index (χ0n) is 10.4. The quantitative estimate of drug-likeness (QED) is 0.683. The van der Waals surface area contributed by atoms with Crippen LogP contribution in [0.1, 0.15) is 5.56 Å². The number of nitrogens with zero attached hydrogens (tertiary/aromatic N) is 4. The van der Waals surface area contributed by atoms with Crippen LogP contribution in [0.15, 0.2) is 52.5 Å². The molecule has 19 heavy (non-hydrogen) atoms. The van der Waals surface area contributed by atoms with Crippen molar-refractivity contribution in [1.29, 1.82) is 0 Å². The largest absolute Gasteiger partial charge is 0.461 e. The summed E-state index contributed by atoms with van der Waals surface area (Å²) < 4.78 is 7.26. The average Bonchev–Trinajstić information content (AvgIpc) is 3.07. The van der Waals surface area contributed by atoms with E-state index >= 15 is 0 Å². The number of hydrogen-bond donors (Lipinski definition) is 0. The first-order chi connectivity index (χ1) is 9.34. The fourth-order valence-electron chi connectivity index (χ4n) is 1.69. The Morgan fingerprint density at radius 1 is 1.26 bits per heavy atom. The van der Waals surface area contributed by atoms with Gasteiger partial charge >= 0.3 is 0 Å². The normalized spacial score (nSPS) is 10.8. The summed E-state index contributed by atoms with van der Waals surface area (Å²) in [6.45, 7) is 0. The van der Waals surface area contributed by atoms with Crippen molar-refractivity contribution in [3.8, 4) is 11.6 Å². The molecule has 6 heteroatoms. The third kappa shape index (κ3) is 2.53. The molecule has 0 spiro atoms. The van der Waals surface area contributed by atoms with Gasteiger partial charge in [0.25, 0.3) is 0 Å². The first-order valence-corrected chi connectivity index (χ1v) is 6.78. The first kappa shape index (κ1) is 12.0. The van der Waals surface area contributed by atoms with E-state index < -0.39 is 0 Å². The molecule has 0 radical (unpaired) electrons. The molecule has 0 saturated heterocycles. The van der Waals surface area contributed by atoms with Gasteiger partial charge < -0.3 is 8.98 Å². The standard InChI is InChI=1S/C13H12N4OS/c1-17-12(11-5-3-7-18-11)15-16-13(17)19-9-10-4-2-6-14-8-10/h2-8H,9H2,1H3. The predicted molar refractivity (Wildman–Crippen MR) is 72.5 cm³/mol. The Balaban J connectivity index is 1.76. The van der Waals surface area contributed by atoms with Crippen LogP contribution < -0.4 is 0 Å². The Labute approximate surface area is 114 Å². The van der Waals surface area contributed by atoms with Gasteiger partial charge in [-0.05, 0) is 23.8 Å². The molecule has 3 rings (SSSR count). The molecule has 0 bridgehead atoms. The zero-order chi connectivity index (χ0) is 13.1. The van der Waals surface area contributed by atoms with Crippen LogP contribution >= 0.6 is 11.8 Å². The van der Waals surface area contributed by atoms with Gasteiger partial charge in [0, 0.05) is 25.2 Å². The molecular weight excluding hydrogens is 260 g/mol. The minimum absolute atomic E-state index is 0.725. The van der Waals surface area contributed by atoms with Crippen molar-refractivity contribution in [3.63, 3.8) is 0 Å². The molecule has 0 fully saturated rings. The third-order valence-corrected chi connectivity index (χ3v) is 3.76. The molecule has 0 aromatic carbocycles. The molecule has 0 saturated carbocycles. The fraction of sp³-hybridized carbons (Fsp3) is 0.154. The van der Waals surface area contributed by atoms with E-state index in [9.17, 15) is 0 Å². The average molecular weight is 272 g/mol. The lowest BCUT2D eigenvalue weighted by molar-refractivity contribution is 0.572. The summed E-state index contributed by atoms with van der Waals surface area (Å²) in [4.78, 5) is 4.09. The molecule has 0 aliphatic rings. The summed E-state index contributed by atoms with van der Waals surface area (Å²) in [6.07, 6.45) is 5.26. The smallest absolute Gasteiger partial charge is 0.200 e. The lowest BCUT2D eigenvalue weighted by atomic mass is 10.3. The highest BCUT2D eigenvalue weighted by Crippen LogP contribution is 2.24. The van der Waals surface area contributed by atoms with Crippen LogP contribution in [0.25, 0.3) is 11.6 Å². The second-order valence-corrected chi connectivity index (χ2v) is 4.93. The lowest BCUT2D eigenvalue weighted by Gasteiger charge is -2.02. The van der Waals surface area contributed by atoms with Gasteiger partial charge in [-0.2, -0.15) is 0 Å². The van der Waals surface area contributed by atoms with Crippen molar-refractivity contribution in [2.24, 2.45) is 7.05 Å². The second-order valence-electron chi connectivity index (χ2n) is 3.99. The number of furan rings is 1. The number of rotatable bonds is 4. The van der Waals surface area contributed by atoms with E-state index in [1.54, 1.807) is 24.2 Å². The highest BCUT2D eigenvalue weighted by molar-refractivity contribution is 7.98. The van der Waals surface area contributed by atoms with Crippen molar-refractivity contribution in [3.05, 3.63) is 48.5 Å². The van der Waals surface area contributed by atoms with E-state index in [0.29, 0.717) is 0 Å². The Kier molecular flexibility index (Phi) is 3.33. The molecule has 0 aliphatic heterocycles. The molecule has 0 atom stereocenters. The van der Waals surface area contributed by atoms with Crippen LogP contribution in [0.2, 0.25) is 0 Å². The molecular formula is C13H12N4OS. The van der Waals surface area contributed by atoms with Crippen molar-refractivity contribution < 1.29 is 4.42 Å². The highest BCUT2D eigenvalue weighted by atomic mass is 32.2. The van der Waals surface area contributed by atoms with Gasteiger partial charge in [-0.1, -0.05) is 17.8 Å². The summed E-state index contributed by atoms with van der Waals surface area (Å²) in [5, 5.41) is 9.19. The van der Waals surface area contributed by atoms with Gasteiger partial charge in [-0.3, -0.25) is 4.98 Å². The van der Waals surface area contributed by atoms with Gasteiger partial charge in [0.2, 0.25) is 0 Å². The SMILES string of the molecule is Cn1c(SCc2cccnc2)nnc1-c1ccco1. The Morgan fingerprint density at radius 3 is 2.95 bits per heavy atom. The van der Waals surface area contributed by atoms with E-state index in [2.05, 4.69) is 15.2 Å². The van der Waals surface area contributed by atoms with Crippen LogP contribution in [0, 0.1) is 0 Å². The van der Waals surface area contributed by atoms with Crippen LogP contribution in [0.5, 0.6) is 0 Å². The molecule has 0 amide bonds. The topological polar surface area (TPSA) is 56.7 Å². The van der Waals surface area contributed by atoms with Gasteiger partial charge in [0.1, 0.15) is 0 Å². The van der Waals surface area contributed by atoms with E-state index in [-0.39, 0.29) is 0 Å². The van der Waals surface area contributed by atoms with Gasteiger partial charge in [0.15, 0.2) is 16.7 Å². The van der Waals surface area contributed by atoms with Crippen molar-refractivity contribution >= 4 is 11.8 Å². The molecule has 3 aromatic heterocycles. The minimum atomic E-state index is 0.725. The maximum atomic E-state index is 5.33. The Hall–Kier alpha value is -2.08. The van der Waals surface area contributed by atoms with Crippen molar-refractivity contribution in [2.75, 3.05) is 0 Å². The molecule has 96 valence electrons. The monoisotopic (exact) mass is 272 g/mol. The first-order valence-electron chi connectivity index (χ1n) is 5.79. The molecule has 3 heterocycles. The summed E-state index contributed by atoms with van der Waals surface area (Å²) in [5.41, 5.74) is 1.16. The maximum absolute atomic E-state index is 5.33. The molecule has 0 unspecified atom stereocenters. The summed E-state index contributed by atoms with van der Waals surface area (Å²) in [6, 6.07) is 7.69. The van der Waals surface area contributed by atoms with Gasteiger partial charge in [0.05, 0.1) is 6.26 Å².